The first-order valence-electron chi connectivity index (χ1n) is 6.05. The van der Waals surface area contributed by atoms with Crippen LogP contribution in [0.25, 0.3) is 0 Å². The number of hydrogen-bond donors (Lipinski definition) is 1. The second kappa shape index (κ2) is 5.69. The number of carbonyl (C=O) groups excluding carboxylic acids is 1. The van der Waals surface area contributed by atoms with E-state index in [0.29, 0.717) is 12.4 Å². The molecule has 2 aromatic carbocycles. The maximum Gasteiger partial charge on any atom is 0.196 e. The molecular formula is C15H13F2NO2. The summed E-state index contributed by atoms with van der Waals surface area (Å²) < 4.78 is 31.9. The van der Waals surface area contributed by atoms with Crippen LogP contribution < -0.4 is 10.5 Å². The van der Waals surface area contributed by atoms with E-state index in [1.165, 1.54) is 18.2 Å². The van der Waals surface area contributed by atoms with Gasteiger partial charge in [0.1, 0.15) is 17.4 Å². The Morgan fingerprint density at radius 1 is 1.20 bits per heavy atom. The number of rotatable bonds is 4. The van der Waals surface area contributed by atoms with Crippen LogP contribution in [0.4, 0.5) is 14.5 Å². The third-order valence-electron chi connectivity index (χ3n) is 2.74. The molecule has 0 aliphatic heterocycles. The zero-order chi connectivity index (χ0) is 14.7. The first-order valence-corrected chi connectivity index (χ1v) is 6.05. The van der Waals surface area contributed by atoms with E-state index in [4.69, 9.17) is 10.5 Å². The summed E-state index contributed by atoms with van der Waals surface area (Å²) in [5.41, 5.74) is 5.87. The molecule has 0 atom stereocenters. The van der Waals surface area contributed by atoms with E-state index in [-0.39, 0.29) is 16.8 Å². The Kier molecular flexibility index (Phi) is 3.98. The first-order chi connectivity index (χ1) is 9.52. The van der Waals surface area contributed by atoms with Gasteiger partial charge < -0.3 is 10.5 Å². The van der Waals surface area contributed by atoms with E-state index >= 15 is 0 Å². The van der Waals surface area contributed by atoms with E-state index < -0.39 is 17.4 Å². The van der Waals surface area contributed by atoms with Crippen LogP contribution in [-0.4, -0.2) is 12.4 Å². The minimum absolute atomic E-state index is 0.176. The topological polar surface area (TPSA) is 52.3 Å². The Morgan fingerprint density at radius 3 is 2.60 bits per heavy atom. The Labute approximate surface area is 115 Å². The Morgan fingerprint density at radius 2 is 1.95 bits per heavy atom. The minimum atomic E-state index is -0.774. The number of carbonyl (C=O) groups is 1. The van der Waals surface area contributed by atoms with Gasteiger partial charge in [-0.2, -0.15) is 0 Å². The molecule has 0 saturated carbocycles. The fraction of sp³-hybridized carbons (Fsp3) is 0.133. The maximum atomic E-state index is 13.6. The van der Waals surface area contributed by atoms with Crippen molar-refractivity contribution in [1.82, 2.24) is 0 Å². The number of ether oxygens (including phenoxy) is 1. The summed E-state index contributed by atoms with van der Waals surface area (Å²) in [4.78, 5) is 12.1. The molecule has 2 rings (SSSR count). The van der Waals surface area contributed by atoms with Crippen molar-refractivity contribution in [2.75, 3.05) is 12.3 Å². The van der Waals surface area contributed by atoms with Crippen LogP contribution in [-0.2, 0) is 0 Å². The molecular weight excluding hydrogens is 264 g/mol. The number of ketones is 1. The summed E-state index contributed by atoms with van der Waals surface area (Å²) in [5, 5.41) is 0. The number of hydrogen-bond acceptors (Lipinski definition) is 3. The van der Waals surface area contributed by atoms with Crippen LogP contribution >= 0.6 is 0 Å². The van der Waals surface area contributed by atoms with Crippen LogP contribution in [0.5, 0.6) is 5.75 Å². The highest BCUT2D eigenvalue weighted by Gasteiger charge is 2.16. The molecule has 0 radical (unpaired) electrons. The number of anilines is 1. The third kappa shape index (κ3) is 2.77. The van der Waals surface area contributed by atoms with Gasteiger partial charge >= 0.3 is 0 Å². The lowest BCUT2D eigenvalue weighted by Gasteiger charge is -2.09. The van der Waals surface area contributed by atoms with Crippen molar-refractivity contribution >= 4 is 11.5 Å². The zero-order valence-electron chi connectivity index (χ0n) is 10.8. The van der Waals surface area contributed by atoms with Crippen molar-refractivity contribution in [2.24, 2.45) is 0 Å². The van der Waals surface area contributed by atoms with Gasteiger partial charge in [-0.3, -0.25) is 4.79 Å². The SMILES string of the molecule is CCOc1ccc(C(=O)c2cc(F)ccc2F)cc1N. The largest absolute Gasteiger partial charge is 0.492 e. The van der Waals surface area contributed by atoms with Crippen LogP contribution in [0.1, 0.15) is 22.8 Å². The predicted molar refractivity (Wildman–Crippen MR) is 71.8 cm³/mol. The molecule has 0 heterocycles. The molecule has 0 unspecified atom stereocenters. The minimum Gasteiger partial charge on any atom is -0.492 e. The van der Waals surface area contributed by atoms with Gasteiger partial charge in [0.05, 0.1) is 17.9 Å². The molecule has 0 aliphatic rings. The van der Waals surface area contributed by atoms with Crippen molar-refractivity contribution in [3.05, 3.63) is 59.2 Å². The van der Waals surface area contributed by atoms with Gasteiger partial charge in [-0.1, -0.05) is 0 Å². The second-order valence-corrected chi connectivity index (χ2v) is 4.14. The lowest BCUT2D eigenvalue weighted by atomic mass is 10.0. The lowest BCUT2D eigenvalue weighted by molar-refractivity contribution is 0.103. The van der Waals surface area contributed by atoms with Crippen molar-refractivity contribution in [2.45, 2.75) is 6.92 Å². The molecule has 5 heteroatoms. The van der Waals surface area contributed by atoms with Crippen LogP contribution in [0.2, 0.25) is 0 Å². The van der Waals surface area contributed by atoms with Crippen LogP contribution in [0, 0.1) is 11.6 Å². The Balaban J connectivity index is 2.38. The summed E-state index contributed by atoms with van der Waals surface area (Å²) >= 11 is 0. The fourth-order valence-electron chi connectivity index (χ4n) is 1.80. The van der Waals surface area contributed by atoms with Gasteiger partial charge in [0.25, 0.3) is 0 Å². The number of benzene rings is 2. The molecule has 0 aromatic heterocycles. The quantitative estimate of drug-likeness (QED) is 0.689. The molecule has 0 amide bonds. The van der Waals surface area contributed by atoms with Gasteiger partial charge in [-0.15, -0.1) is 0 Å². The summed E-state index contributed by atoms with van der Waals surface area (Å²) in [6, 6.07) is 7.12. The van der Waals surface area contributed by atoms with Gasteiger partial charge in [-0.05, 0) is 43.3 Å². The molecule has 104 valence electrons. The molecule has 0 spiro atoms. The average Bonchev–Trinajstić information content (AvgIpc) is 2.43. The summed E-state index contributed by atoms with van der Waals surface area (Å²) in [7, 11) is 0. The van der Waals surface area contributed by atoms with Gasteiger partial charge in [-0.25, -0.2) is 8.78 Å². The smallest absolute Gasteiger partial charge is 0.196 e. The summed E-state index contributed by atoms with van der Waals surface area (Å²) in [5.74, 6) is -1.63. The molecule has 20 heavy (non-hydrogen) atoms. The van der Waals surface area contributed by atoms with Crippen molar-refractivity contribution in [3.63, 3.8) is 0 Å². The highest BCUT2D eigenvalue weighted by Crippen LogP contribution is 2.24. The number of nitrogen functional groups attached to an aromatic ring is 1. The normalized spacial score (nSPS) is 10.3. The maximum absolute atomic E-state index is 13.6. The highest BCUT2D eigenvalue weighted by molar-refractivity contribution is 6.09. The summed E-state index contributed by atoms with van der Waals surface area (Å²) in [6.45, 7) is 2.25. The molecule has 2 N–H and O–H groups in total. The zero-order valence-corrected chi connectivity index (χ0v) is 10.8. The van der Waals surface area contributed by atoms with Crippen molar-refractivity contribution in [1.29, 1.82) is 0 Å². The number of halogens is 2. The van der Waals surface area contributed by atoms with Gasteiger partial charge in [0.2, 0.25) is 0 Å². The van der Waals surface area contributed by atoms with E-state index in [0.717, 1.165) is 18.2 Å². The monoisotopic (exact) mass is 277 g/mol. The van der Waals surface area contributed by atoms with E-state index in [2.05, 4.69) is 0 Å². The van der Waals surface area contributed by atoms with Crippen molar-refractivity contribution in [3.8, 4) is 5.75 Å². The van der Waals surface area contributed by atoms with Gasteiger partial charge in [0.15, 0.2) is 5.78 Å². The number of nitrogens with two attached hydrogens (primary N) is 1. The van der Waals surface area contributed by atoms with Gasteiger partial charge in [0, 0.05) is 5.56 Å². The van der Waals surface area contributed by atoms with E-state index in [9.17, 15) is 13.6 Å². The Hall–Kier alpha value is -2.43. The molecule has 2 aromatic rings. The molecule has 0 fully saturated rings. The van der Waals surface area contributed by atoms with E-state index in [1.54, 1.807) is 6.92 Å². The second-order valence-electron chi connectivity index (χ2n) is 4.14. The molecule has 3 nitrogen and oxygen atoms in total. The van der Waals surface area contributed by atoms with E-state index in [1.807, 2.05) is 0 Å². The lowest BCUT2D eigenvalue weighted by Crippen LogP contribution is -2.06. The molecule has 0 aliphatic carbocycles. The molecule has 0 bridgehead atoms. The predicted octanol–water partition coefficient (Wildman–Crippen LogP) is 3.18. The fourth-order valence-corrected chi connectivity index (χ4v) is 1.80. The van der Waals surface area contributed by atoms with Crippen molar-refractivity contribution < 1.29 is 18.3 Å². The standard InChI is InChI=1S/C15H13F2NO2/c1-2-20-14-6-3-9(7-13(14)18)15(19)11-8-10(16)4-5-12(11)17/h3-8H,2,18H2,1H3. The average molecular weight is 277 g/mol. The van der Waals surface area contributed by atoms with Crippen LogP contribution in [0.15, 0.2) is 36.4 Å². The summed E-state index contributed by atoms with van der Waals surface area (Å²) in [6.07, 6.45) is 0. The third-order valence-corrected chi connectivity index (χ3v) is 2.74. The molecule has 0 saturated heterocycles. The van der Waals surface area contributed by atoms with Crippen LogP contribution in [0.3, 0.4) is 0 Å². The highest BCUT2D eigenvalue weighted by atomic mass is 19.1. The Bertz CT molecular complexity index is 656. The first kappa shape index (κ1) is 14.0.